The molecule has 1 saturated carbocycles. The van der Waals surface area contributed by atoms with Crippen molar-refractivity contribution < 1.29 is 5.11 Å². The molecule has 0 aromatic heterocycles. The summed E-state index contributed by atoms with van der Waals surface area (Å²) in [5, 5.41) is 9.27. The summed E-state index contributed by atoms with van der Waals surface area (Å²) in [5.41, 5.74) is 0.777. The molecular formula is C10H19NO. The Morgan fingerprint density at radius 2 is 2.00 bits per heavy atom. The third-order valence-corrected chi connectivity index (χ3v) is 3.88. The van der Waals surface area contributed by atoms with E-state index in [1.165, 1.54) is 25.9 Å². The number of hydrogen-bond acceptors (Lipinski definition) is 2. The second kappa shape index (κ2) is 2.46. The van der Waals surface area contributed by atoms with Gasteiger partial charge in [-0.2, -0.15) is 0 Å². The third-order valence-electron chi connectivity index (χ3n) is 3.88. The highest BCUT2D eigenvalue weighted by molar-refractivity contribution is 5.09. The van der Waals surface area contributed by atoms with E-state index in [2.05, 4.69) is 18.7 Å². The molecule has 2 nitrogen and oxygen atoms in total. The van der Waals surface area contributed by atoms with E-state index in [1.807, 2.05) is 0 Å². The van der Waals surface area contributed by atoms with Crippen molar-refractivity contribution in [3.8, 4) is 0 Å². The predicted octanol–water partition coefficient (Wildman–Crippen LogP) is 1.24. The molecule has 1 spiro atoms. The first-order chi connectivity index (χ1) is 5.64. The van der Waals surface area contributed by atoms with Crippen LogP contribution in [0.4, 0.5) is 0 Å². The maximum absolute atomic E-state index is 9.27. The topological polar surface area (TPSA) is 23.5 Å². The van der Waals surface area contributed by atoms with Crippen LogP contribution in [0.3, 0.4) is 0 Å². The lowest BCUT2D eigenvalue weighted by Gasteiger charge is -2.50. The fraction of sp³-hybridized carbons (Fsp3) is 1.00. The van der Waals surface area contributed by atoms with Crippen molar-refractivity contribution in [2.45, 2.75) is 38.6 Å². The second-order valence-electron chi connectivity index (χ2n) is 4.86. The van der Waals surface area contributed by atoms with Crippen molar-refractivity contribution in [2.75, 3.05) is 19.7 Å². The van der Waals surface area contributed by atoms with E-state index in [1.54, 1.807) is 0 Å². The first-order valence-corrected chi connectivity index (χ1v) is 5.00. The summed E-state index contributed by atoms with van der Waals surface area (Å²) < 4.78 is 0. The fourth-order valence-electron chi connectivity index (χ4n) is 2.07. The number of aliphatic hydroxyl groups excluding tert-OH is 1. The molecule has 2 rings (SSSR count). The van der Waals surface area contributed by atoms with Crippen LogP contribution in [0.25, 0.3) is 0 Å². The smallest absolute Gasteiger partial charge is 0.0612 e. The van der Waals surface area contributed by atoms with Crippen molar-refractivity contribution in [3.05, 3.63) is 0 Å². The predicted molar refractivity (Wildman–Crippen MR) is 49.0 cm³/mol. The van der Waals surface area contributed by atoms with Gasteiger partial charge in [0.15, 0.2) is 0 Å². The average molecular weight is 169 g/mol. The van der Waals surface area contributed by atoms with Crippen LogP contribution in [0.2, 0.25) is 0 Å². The highest BCUT2D eigenvalue weighted by Crippen LogP contribution is 2.54. The molecule has 0 aromatic rings. The third kappa shape index (κ3) is 1.09. The molecule has 0 amide bonds. The molecule has 1 heterocycles. The Hall–Kier alpha value is -0.0800. The van der Waals surface area contributed by atoms with Crippen LogP contribution in [0, 0.1) is 5.41 Å². The van der Waals surface area contributed by atoms with Gasteiger partial charge >= 0.3 is 0 Å². The Balaban J connectivity index is 1.92. The zero-order valence-electron chi connectivity index (χ0n) is 8.14. The molecule has 1 aliphatic carbocycles. The fourth-order valence-corrected chi connectivity index (χ4v) is 2.07. The second-order valence-corrected chi connectivity index (χ2v) is 4.86. The van der Waals surface area contributed by atoms with Crippen LogP contribution in [0.15, 0.2) is 0 Å². The van der Waals surface area contributed by atoms with Crippen LogP contribution in [-0.2, 0) is 0 Å². The van der Waals surface area contributed by atoms with Gasteiger partial charge < -0.3 is 5.11 Å². The van der Waals surface area contributed by atoms with E-state index in [0.29, 0.717) is 12.0 Å². The van der Waals surface area contributed by atoms with E-state index >= 15 is 0 Å². The molecule has 1 atom stereocenters. The highest BCUT2D eigenvalue weighted by Gasteiger charge is 2.55. The maximum atomic E-state index is 9.27. The number of likely N-dealkylation sites (tertiary alicyclic amines) is 1. The van der Waals surface area contributed by atoms with Crippen molar-refractivity contribution in [1.82, 2.24) is 4.90 Å². The Morgan fingerprint density at radius 3 is 2.33 bits per heavy atom. The number of hydrogen-bond donors (Lipinski definition) is 1. The van der Waals surface area contributed by atoms with Gasteiger partial charge in [0.2, 0.25) is 0 Å². The van der Waals surface area contributed by atoms with Gasteiger partial charge in [-0.1, -0.05) is 6.92 Å². The van der Waals surface area contributed by atoms with Gasteiger partial charge in [-0.15, -0.1) is 0 Å². The molecule has 0 aromatic carbocycles. The van der Waals surface area contributed by atoms with Crippen LogP contribution < -0.4 is 0 Å². The van der Waals surface area contributed by atoms with Crippen LogP contribution in [0.5, 0.6) is 0 Å². The quantitative estimate of drug-likeness (QED) is 0.687. The van der Waals surface area contributed by atoms with E-state index < -0.39 is 0 Å². The first kappa shape index (κ1) is 8.52. The maximum Gasteiger partial charge on any atom is 0.0612 e. The molecule has 0 radical (unpaired) electrons. The minimum absolute atomic E-state index is 0.0633. The molecule has 0 bridgehead atoms. The van der Waals surface area contributed by atoms with Gasteiger partial charge in [0.05, 0.1) is 6.61 Å². The molecule has 1 N–H and O–H groups in total. The minimum atomic E-state index is 0.0633. The number of aliphatic hydroxyl groups is 1. The summed E-state index contributed by atoms with van der Waals surface area (Å²) in [4.78, 5) is 2.44. The monoisotopic (exact) mass is 169 g/mol. The van der Waals surface area contributed by atoms with Crippen molar-refractivity contribution >= 4 is 0 Å². The molecular weight excluding hydrogens is 150 g/mol. The zero-order chi connectivity index (χ0) is 8.82. The molecule has 2 aliphatic rings. The lowest BCUT2D eigenvalue weighted by molar-refractivity contribution is -0.0493. The number of nitrogens with zero attached hydrogens (tertiary/aromatic N) is 1. The van der Waals surface area contributed by atoms with Gasteiger partial charge in [-0.25, -0.2) is 0 Å². The molecule has 1 unspecified atom stereocenters. The SMILES string of the molecule is CCC(C)(CO)N1CC2(CC2)C1. The summed E-state index contributed by atoms with van der Waals surface area (Å²) in [6, 6.07) is 0. The van der Waals surface area contributed by atoms with Gasteiger partial charge in [0, 0.05) is 18.6 Å². The lowest BCUT2D eigenvalue weighted by atomic mass is 9.87. The van der Waals surface area contributed by atoms with E-state index in [0.717, 1.165) is 6.42 Å². The van der Waals surface area contributed by atoms with Crippen molar-refractivity contribution in [2.24, 2.45) is 5.41 Å². The van der Waals surface area contributed by atoms with Crippen LogP contribution >= 0.6 is 0 Å². The largest absolute Gasteiger partial charge is 0.394 e. The highest BCUT2D eigenvalue weighted by atomic mass is 16.3. The molecule has 1 aliphatic heterocycles. The molecule has 70 valence electrons. The zero-order valence-corrected chi connectivity index (χ0v) is 8.14. The molecule has 2 fully saturated rings. The normalized spacial score (nSPS) is 31.2. The minimum Gasteiger partial charge on any atom is -0.394 e. The Morgan fingerprint density at radius 1 is 1.42 bits per heavy atom. The first-order valence-electron chi connectivity index (χ1n) is 5.00. The average Bonchev–Trinajstić information content (AvgIpc) is 2.79. The van der Waals surface area contributed by atoms with E-state index in [9.17, 15) is 5.11 Å². The van der Waals surface area contributed by atoms with Crippen molar-refractivity contribution in [1.29, 1.82) is 0 Å². The van der Waals surface area contributed by atoms with Crippen LogP contribution in [0.1, 0.15) is 33.1 Å². The Kier molecular flexibility index (Phi) is 1.74. The summed E-state index contributed by atoms with van der Waals surface area (Å²) in [5.74, 6) is 0. The molecule has 12 heavy (non-hydrogen) atoms. The van der Waals surface area contributed by atoms with E-state index in [4.69, 9.17) is 0 Å². The number of rotatable bonds is 3. The van der Waals surface area contributed by atoms with E-state index in [-0.39, 0.29) is 5.54 Å². The van der Waals surface area contributed by atoms with Gasteiger partial charge in [0.25, 0.3) is 0 Å². The Labute approximate surface area is 74.6 Å². The van der Waals surface area contributed by atoms with Crippen molar-refractivity contribution in [3.63, 3.8) is 0 Å². The van der Waals surface area contributed by atoms with Crippen LogP contribution in [-0.4, -0.2) is 35.2 Å². The van der Waals surface area contributed by atoms with Gasteiger partial charge in [-0.3, -0.25) is 4.90 Å². The molecule has 2 heteroatoms. The lowest BCUT2D eigenvalue weighted by Crippen LogP contribution is -2.61. The molecule has 1 saturated heterocycles. The van der Waals surface area contributed by atoms with Gasteiger partial charge in [0.1, 0.15) is 0 Å². The standard InChI is InChI=1S/C10H19NO/c1-3-9(2,8-12)11-6-10(7-11)4-5-10/h12H,3-8H2,1-2H3. The van der Waals surface area contributed by atoms with Gasteiger partial charge in [-0.05, 0) is 31.6 Å². The summed E-state index contributed by atoms with van der Waals surface area (Å²) >= 11 is 0. The summed E-state index contributed by atoms with van der Waals surface area (Å²) in [6.07, 6.45) is 3.91. The summed E-state index contributed by atoms with van der Waals surface area (Å²) in [6.45, 7) is 7.10. The summed E-state index contributed by atoms with van der Waals surface area (Å²) in [7, 11) is 0. The Bertz CT molecular complexity index is 174.